The van der Waals surface area contributed by atoms with E-state index in [-0.39, 0.29) is 23.0 Å². The van der Waals surface area contributed by atoms with E-state index in [1.807, 2.05) is 31.2 Å². The molecule has 3 aromatic carbocycles. The van der Waals surface area contributed by atoms with Gasteiger partial charge in [-0.2, -0.15) is 0 Å². The second-order valence-electron chi connectivity index (χ2n) is 9.75. The van der Waals surface area contributed by atoms with Crippen LogP contribution in [0.1, 0.15) is 47.4 Å². The van der Waals surface area contributed by atoms with Crippen molar-refractivity contribution in [1.82, 2.24) is 0 Å². The predicted molar refractivity (Wildman–Crippen MR) is 145 cm³/mol. The number of anilines is 1. The topological polar surface area (TPSA) is 88.4 Å². The molecule has 1 fully saturated rings. The molecule has 1 saturated carbocycles. The highest BCUT2D eigenvalue weighted by Crippen LogP contribution is 2.45. The third-order valence-corrected chi connectivity index (χ3v) is 9.27. The van der Waals surface area contributed by atoms with Crippen LogP contribution in [0.5, 0.6) is 11.5 Å². The predicted octanol–water partition coefficient (Wildman–Crippen LogP) is 4.69. The van der Waals surface area contributed by atoms with Crippen molar-refractivity contribution in [2.75, 3.05) is 25.6 Å². The normalized spacial score (nSPS) is 20.9. The summed E-state index contributed by atoms with van der Waals surface area (Å²) in [6.07, 6.45) is 1.84. The van der Waals surface area contributed by atoms with Crippen LogP contribution in [0.4, 0.5) is 5.69 Å². The van der Waals surface area contributed by atoms with Crippen molar-refractivity contribution in [1.29, 1.82) is 0 Å². The first-order valence-corrected chi connectivity index (χ1v) is 13.8. The monoisotopic (exact) mass is 520 g/mol. The Morgan fingerprint density at radius 3 is 2.24 bits per heavy atom. The molecule has 3 aromatic rings. The first-order chi connectivity index (χ1) is 17.7. The lowest BCUT2D eigenvalue weighted by Gasteiger charge is -2.37. The van der Waals surface area contributed by atoms with Crippen molar-refractivity contribution >= 4 is 21.4 Å². The summed E-state index contributed by atoms with van der Waals surface area (Å²) in [5.74, 6) is 1.37. The van der Waals surface area contributed by atoms with Crippen LogP contribution in [0.15, 0.2) is 70.6 Å². The molecule has 2 aliphatic rings. The van der Waals surface area contributed by atoms with Crippen LogP contribution in [0.25, 0.3) is 0 Å². The molecule has 3 unspecified atom stereocenters. The quantitative estimate of drug-likeness (QED) is 0.510. The summed E-state index contributed by atoms with van der Waals surface area (Å²) >= 11 is 0. The van der Waals surface area contributed by atoms with Gasteiger partial charge in [0, 0.05) is 24.1 Å². The first-order valence-electron chi connectivity index (χ1n) is 12.4. The minimum atomic E-state index is -3.68. The van der Waals surface area contributed by atoms with Gasteiger partial charge in [0.05, 0.1) is 42.7 Å². The molecule has 0 bridgehead atoms. The number of aryl methyl sites for hydroxylation is 1. The third kappa shape index (κ3) is 4.60. The standard InChI is InChI=1S/C29H32N2O5S/c1-18-5-12-22(13-6-18)37(33,34)31(2)20-9-7-19(8-10-20)29-25-17-28(36-4)27(35-3)16-23(25)24-15-21(32)11-14-26(24)30-29/h5-10,12-13,16-17,21,24,26,32H,11,14-15H2,1-4H3. The molecule has 0 amide bonds. The fourth-order valence-corrected chi connectivity index (χ4v) is 6.52. The van der Waals surface area contributed by atoms with Crippen LogP contribution in [-0.4, -0.2) is 52.6 Å². The fraction of sp³-hybridized carbons (Fsp3) is 0.345. The molecule has 194 valence electrons. The Kier molecular flexibility index (Phi) is 6.72. The van der Waals surface area contributed by atoms with E-state index in [2.05, 4.69) is 0 Å². The van der Waals surface area contributed by atoms with Crippen molar-refractivity contribution in [3.63, 3.8) is 0 Å². The Morgan fingerprint density at radius 1 is 0.946 bits per heavy atom. The highest BCUT2D eigenvalue weighted by atomic mass is 32.2. The summed E-state index contributed by atoms with van der Waals surface area (Å²) in [4.78, 5) is 5.39. The zero-order chi connectivity index (χ0) is 26.3. The number of aliphatic imine (C=N–C) groups is 1. The number of hydrogen-bond acceptors (Lipinski definition) is 6. The van der Waals surface area contributed by atoms with E-state index in [4.69, 9.17) is 14.5 Å². The zero-order valence-electron chi connectivity index (χ0n) is 21.5. The molecule has 0 radical (unpaired) electrons. The van der Waals surface area contributed by atoms with E-state index in [0.717, 1.165) is 40.8 Å². The Balaban J connectivity index is 1.52. The number of sulfonamides is 1. The molecule has 7 nitrogen and oxygen atoms in total. The summed E-state index contributed by atoms with van der Waals surface area (Å²) in [7, 11) is 1.11. The SMILES string of the molecule is COc1cc2c(cc1OC)C1CC(O)CCC1N=C2c1ccc(N(C)S(=O)(=O)c2ccc(C)cc2)cc1. The van der Waals surface area contributed by atoms with Gasteiger partial charge in [-0.1, -0.05) is 29.8 Å². The number of aliphatic hydroxyl groups is 1. The average Bonchev–Trinajstić information content (AvgIpc) is 2.91. The van der Waals surface area contributed by atoms with Crippen molar-refractivity contribution in [2.45, 2.75) is 49.1 Å². The van der Waals surface area contributed by atoms with E-state index in [0.29, 0.717) is 23.6 Å². The van der Waals surface area contributed by atoms with Crippen LogP contribution in [0.2, 0.25) is 0 Å². The van der Waals surface area contributed by atoms with E-state index in [1.165, 1.54) is 4.31 Å². The van der Waals surface area contributed by atoms with Gasteiger partial charge in [0.1, 0.15) is 0 Å². The number of rotatable bonds is 6. The lowest BCUT2D eigenvalue weighted by Crippen LogP contribution is -2.34. The molecule has 3 atom stereocenters. The number of ether oxygens (including phenoxy) is 2. The number of nitrogens with zero attached hydrogens (tertiary/aromatic N) is 2. The summed E-state index contributed by atoms with van der Waals surface area (Å²) in [6.45, 7) is 1.92. The van der Waals surface area contributed by atoms with Gasteiger partial charge >= 0.3 is 0 Å². The molecule has 0 aromatic heterocycles. The summed E-state index contributed by atoms with van der Waals surface area (Å²) in [6, 6.07) is 18.3. The van der Waals surface area contributed by atoms with Crippen molar-refractivity contribution in [3.05, 3.63) is 82.9 Å². The van der Waals surface area contributed by atoms with Gasteiger partial charge in [-0.15, -0.1) is 0 Å². The molecular weight excluding hydrogens is 488 g/mol. The fourth-order valence-electron chi connectivity index (χ4n) is 5.33. The highest BCUT2D eigenvalue weighted by molar-refractivity contribution is 7.92. The third-order valence-electron chi connectivity index (χ3n) is 7.48. The van der Waals surface area contributed by atoms with Crippen LogP contribution < -0.4 is 13.8 Å². The van der Waals surface area contributed by atoms with Gasteiger partial charge < -0.3 is 14.6 Å². The molecule has 1 N–H and O–H groups in total. The van der Waals surface area contributed by atoms with Crippen LogP contribution in [-0.2, 0) is 10.0 Å². The van der Waals surface area contributed by atoms with E-state index in [1.54, 1.807) is 57.7 Å². The Labute approximate surface area is 218 Å². The zero-order valence-corrected chi connectivity index (χ0v) is 22.3. The minimum absolute atomic E-state index is 0.0632. The smallest absolute Gasteiger partial charge is 0.264 e. The Morgan fingerprint density at radius 2 is 1.59 bits per heavy atom. The van der Waals surface area contributed by atoms with Crippen LogP contribution in [0.3, 0.4) is 0 Å². The van der Waals surface area contributed by atoms with Crippen molar-refractivity contribution in [2.24, 2.45) is 4.99 Å². The van der Waals surface area contributed by atoms with Gasteiger partial charge in [-0.05, 0) is 68.1 Å². The van der Waals surface area contributed by atoms with Crippen LogP contribution >= 0.6 is 0 Å². The molecule has 0 saturated heterocycles. The molecular formula is C29H32N2O5S. The van der Waals surface area contributed by atoms with E-state index < -0.39 is 10.0 Å². The maximum atomic E-state index is 13.2. The number of fused-ring (bicyclic) bond motifs is 3. The largest absolute Gasteiger partial charge is 0.493 e. The van der Waals surface area contributed by atoms with Crippen molar-refractivity contribution in [3.8, 4) is 11.5 Å². The first kappa shape index (κ1) is 25.3. The molecule has 8 heteroatoms. The molecule has 37 heavy (non-hydrogen) atoms. The van der Waals surface area contributed by atoms with Gasteiger partial charge in [-0.25, -0.2) is 8.42 Å². The summed E-state index contributed by atoms with van der Waals surface area (Å²) in [5.41, 5.74) is 5.33. The van der Waals surface area contributed by atoms with Gasteiger partial charge in [0.25, 0.3) is 10.0 Å². The second kappa shape index (κ2) is 9.84. The van der Waals surface area contributed by atoms with E-state index >= 15 is 0 Å². The molecule has 1 heterocycles. The summed E-state index contributed by atoms with van der Waals surface area (Å²) < 4.78 is 38.8. The minimum Gasteiger partial charge on any atom is -0.493 e. The molecule has 1 aliphatic heterocycles. The molecule has 5 rings (SSSR count). The number of benzene rings is 3. The van der Waals surface area contributed by atoms with E-state index in [9.17, 15) is 13.5 Å². The average molecular weight is 521 g/mol. The van der Waals surface area contributed by atoms with Gasteiger partial charge in [0.2, 0.25) is 0 Å². The Hall–Kier alpha value is -3.36. The van der Waals surface area contributed by atoms with Crippen LogP contribution in [0, 0.1) is 6.92 Å². The summed E-state index contributed by atoms with van der Waals surface area (Å²) in [5, 5.41) is 10.4. The number of methoxy groups -OCH3 is 2. The number of hydrogen-bond donors (Lipinski definition) is 1. The lowest BCUT2D eigenvalue weighted by atomic mass is 9.74. The molecule has 1 aliphatic carbocycles. The lowest BCUT2D eigenvalue weighted by molar-refractivity contribution is 0.111. The second-order valence-corrected chi connectivity index (χ2v) is 11.7. The maximum Gasteiger partial charge on any atom is 0.264 e. The van der Waals surface area contributed by atoms with Gasteiger partial charge in [-0.3, -0.25) is 9.30 Å². The number of aliphatic hydroxyl groups excluding tert-OH is 1. The molecule has 0 spiro atoms. The van der Waals surface area contributed by atoms with Gasteiger partial charge in [0.15, 0.2) is 11.5 Å². The highest BCUT2D eigenvalue weighted by Gasteiger charge is 2.37. The Bertz CT molecular complexity index is 1430. The maximum absolute atomic E-state index is 13.2. The van der Waals surface area contributed by atoms with Crippen molar-refractivity contribution < 1.29 is 23.0 Å².